The zero-order valence-electron chi connectivity index (χ0n) is 13.3. The Morgan fingerprint density at radius 2 is 2.00 bits per heavy atom. The lowest BCUT2D eigenvalue weighted by molar-refractivity contribution is -0.138. The molecule has 3 rings (SSSR count). The van der Waals surface area contributed by atoms with Crippen LogP contribution in [-0.4, -0.2) is 32.4 Å². The molecular weight excluding hydrogens is 358 g/mol. The molecule has 0 aliphatic carbocycles. The molecular formula is C17H20BrN3O2. The van der Waals surface area contributed by atoms with Gasteiger partial charge in [0, 0.05) is 16.6 Å². The van der Waals surface area contributed by atoms with Gasteiger partial charge in [0.1, 0.15) is 6.54 Å². The second-order valence-electron chi connectivity index (χ2n) is 6.27. The highest BCUT2D eigenvalue weighted by atomic mass is 79.9. The average Bonchev–Trinajstić information content (AvgIpc) is 2.50. The van der Waals surface area contributed by atoms with E-state index in [1.807, 2.05) is 11.0 Å². The van der Waals surface area contributed by atoms with Gasteiger partial charge in [-0.3, -0.25) is 14.2 Å². The number of aromatic nitrogens is 2. The Balaban J connectivity index is 1.90. The number of likely N-dealkylation sites (tertiary alicyclic amines) is 1. The van der Waals surface area contributed by atoms with E-state index in [9.17, 15) is 9.59 Å². The third-order valence-corrected chi connectivity index (χ3v) is 5.07. The summed E-state index contributed by atoms with van der Waals surface area (Å²) < 4.78 is 2.23. The number of carbonyl (C=O) groups is 1. The van der Waals surface area contributed by atoms with Gasteiger partial charge in [-0.1, -0.05) is 15.9 Å². The predicted molar refractivity (Wildman–Crippen MR) is 93.3 cm³/mol. The molecule has 1 aromatic carbocycles. The van der Waals surface area contributed by atoms with Crippen molar-refractivity contribution in [2.45, 2.75) is 51.7 Å². The molecule has 0 N–H and O–H groups in total. The Hall–Kier alpha value is -1.69. The van der Waals surface area contributed by atoms with Crippen LogP contribution in [0, 0.1) is 0 Å². The van der Waals surface area contributed by atoms with E-state index in [1.165, 1.54) is 10.9 Å². The molecule has 6 heteroatoms. The van der Waals surface area contributed by atoms with Gasteiger partial charge in [0.15, 0.2) is 0 Å². The molecule has 0 unspecified atom stereocenters. The summed E-state index contributed by atoms with van der Waals surface area (Å²) in [7, 11) is 0. The number of amides is 1. The molecule has 0 radical (unpaired) electrons. The van der Waals surface area contributed by atoms with E-state index in [1.54, 1.807) is 12.1 Å². The third-order valence-electron chi connectivity index (χ3n) is 4.57. The quantitative estimate of drug-likeness (QED) is 0.808. The van der Waals surface area contributed by atoms with E-state index < -0.39 is 0 Å². The topological polar surface area (TPSA) is 55.2 Å². The summed E-state index contributed by atoms with van der Waals surface area (Å²) >= 11 is 3.37. The number of piperidine rings is 1. The van der Waals surface area contributed by atoms with Gasteiger partial charge >= 0.3 is 0 Å². The van der Waals surface area contributed by atoms with Crippen LogP contribution in [0.5, 0.6) is 0 Å². The van der Waals surface area contributed by atoms with Crippen LogP contribution in [-0.2, 0) is 11.3 Å². The number of fused-ring (bicyclic) bond motifs is 1. The maximum atomic E-state index is 12.7. The van der Waals surface area contributed by atoms with Crippen molar-refractivity contribution in [2.75, 3.05) is 0 Å². The average molecular weight is 378 g/mol. The van der Waals surface area contributed by atoms with Crippen molar-refractivity contribution in [2.24, 2.45) is 0 Å². The molecule has 1 fully saturated rings. The third kappa shape index (κ3) is 3.17. The molecule has 1 saturated heterocycles. The lowest BCUT2D eigenvalue weighted by Gasteiger charge is -2.39. The number of hydrogen-bond acceptors (Lipinski definition) is 3. The van der Waals surface area contributed by atoms with Gasteiger partial charge in [-0.15, -0.1) is 0 Å². The van der Waals surface area contributed by atoms with Crippen molar-refractivity contribution in [1.82, 2.24) is 14.5 Å². The van der Waals surface area contributed by atoms with E-state index in [2.05, 4.69) is 34.8 Å². The summed E-state index contributed by atoms with van der Waals surface area (Å²) in [6.45, 7) is 4.20. The Morgan fingerprint density at radius 3 is 2.70 bits per heavy atom. The second kappa shape index (κ2) is 6.43. The molecule has 2 heterocycles. The normalized spacial score (nSPS) is 21.6. The van der Waals surface area contributed by atoms with E-state index in [-0.39, 0.29) is 30.1 Å². The van der Waals surface area contributed by atoms with Gasteiger partial charge in [-0.2, -0.15) is 0 Å². The van der Waals surface area contributed by atoms with Crippen LogP contribution in [0.15, 0.2) is 33.8 Å². The molecule has 1 amide bonds. The van der Waals surface area contributed by atoms with Crippen LogP contribution >= 0.6 is 15.9 Å². The Kier molecular flexibility index (Phi) is 4.53. The Morgan fingerprint density at radius 1 is 1.30 bits per heavy atom. The van der Waals surface area contributed by atoms with Gasteiger partial charge in [-0.25, -0.2) is 4.98 Å². The van der Waals surface area contributed by atoms with Crippen LogP contribution in [0.2, 0.25) is 0 Å². The van der Waals surface area contributed by atoms with Crippen LogP contribution in [0.4, 0.5) is 0 Å². The lowest BCUT2D eigenvalue weighted by Crippen LogP contribution is -2.49. The molecule has 122 valence electrons. The van der Waals surface area contributed by atoms with Crippen molar-refractivity contribution in [1.29, 1.82) is 0 Å². The van der Waals surface area contributed by atoms with Crippen molar-refractivity contribution in [3.05, 3.63) is 39.4 Å². The predicted octanol–water partition coefficient (Wildman–Crippen LogP) is 2.95. The fraction of sp³-hybridized carbons (Fsp3) is 0.471. The first kappa shape index (κ1) is 16.2. The van der Waals surface area contributed by atoms with Gasteiger partial charge < -0.3 is 4.90 Å². The second-order valence-corrected chi connectivity index (χ2v) is 7.18. The van der Waals surface area contributed by atoms with Crippen LogP contribution in [0.1, 0.15) is 33.1 Å². The van der Waals surface area contributed by atoms with Gasteiger partial charge in [0.2, 0.25) is 5.91 Å². The number of nitrogens with zero attached hydrogens (tertiary/aromatic N) is 3. The fourth-order valence-electron chi connectivity index (χ4n) is 3.38. The smallest absolute Gasteiger partial charge is 0.261 e. The number of rotatable bonds is 2. The van der Waals surface area contributed by atoms with E-state index >= 15 is 0 Å². The van der Waals surface area contributed by atoms with Crippen LogP contribution in [0.3, 0.4) is 0 Å². The van der Waals surface area contributed by atoms with Gasteiger partial charge in [0.05, 0.1) is 17.2 Å². The number of hydrogen-bond donors (Lipinski definition) is 0. The summed E-state index contributed by atoms with van der Waals surface area (Å²) in [4.78, 5) is 31.5. The zero-order chi connectivity index (χ0) is 16.6. The summed E-state index contributed by atoms with van der Waals surface area (Å²) in [6, 6.07) is 5.84. The zero-order valence-corrected chi connectivity index (χ0v) is 14.9. The van der Waals surface area contributed by atoms with Crippen molar-refractivity contribution in [3.8, 4) is 0 Å². The fourth-order valence-corrected chi connectivity index (χ4v) is 3.75. The minimum absolute atomic E-state index is 0.0112. The molecule has 5 nitrogen and oxygen atoms in total. The number of carbonyl (C=O) groups excluding carboxylic acids is 1. The molecule has 23 heavy (non-hydrogen) atoms. The summed E-state index contributed by atoms with van der Waals surface area (Å²) in [5.74, 6) is -0.0112. The molecule has 0 saturated carbocycles. The van der Waals surface area contributed by atoms with Crippen molar-refractivity contribution < 1.29 is 4.79 Å². The Bertz CT molecular complexity index is 792. The SMILES string of the molecule is C[C@@H]1CCC[C@H](C)N1C(=O)Cn1cnc2ccc(Br)cc2c1=O. The lowest BCUT2D eigenvalue weighted by atomic mass is 9.97. The highest BCUT2D eigenvalue weighted by Crippen LogP contribution is 2.22. The maximum Gasteiger partial charge on any atom is 0.261 e. The largest absolute Gasteiger partial charge is 0.336 e. The summed E-state index contributed by atoms with van der Waals surface area (Å²) in [5, 5.41) is 0.523. The van der Waals surface area contributed by atoms with E-state index in [0.29, 0.717) is 10.9 Å². The highest BCUT2D eigenvalue weighted by Gasteiger charge is 2.29. The van der Waals surface area contributed by atoms with Crippen molar-refractivity contribution in [3.63, 3.8) is 0 Å². The highest BCUT2D eigenvalue weighted by molar-refractivity contribution is 9.10. The first-order valence-electron chi connectivity index (χ1n) is 7.93. The van der Waals surface area contributed by atoms with E-state index in [0.717, 1.165) is 23.7 Å². The molecule has 1 aliphatic heterocycles. The summed E-state index contributed by atoms with van der Waals surface area (Å²) in [5.41, 5.74) is 0.462. The minimum atomic E-state index is -0.179. The number of benzene rings is 1. The molecule has 2 atom stereocenters. The van der Waals surface area contributed by atoms with E-state index in [4.69, 9.17) is 0 Å². The molecule has 1 aromatic heterocycles. The van der Waals surface area contributed by atoms with Crippen molar-refractivity contribution >= 4 is 32.7 Å². The molecule has 0 spiro atoms. The number of halogens is 1. The first-order chi connectivity index (χ1) is 11.0. The standard InChI is InChI=1S/C17H20BrN3O2/c1-11-4-3-5-12(2)21(11)16(22)9-20-10-19-15-7-6-13(18)8-14(15)17(20)23/h6-8,10-12H,3-5,9H2,1-2H3/t11-,12+. The maximum absolute atomic E-state index is 12.7. The van der Waals surface area contributed by atoms with Crippen LogP contribution < -0.4 is 5.56 Å². The van der Waals surface area contributed by atoms with Gasteiger partial charge in [0.25, 0.3) is 5.56 Å². The monoisotopic (exact) mass is 377 g/mol. The van der Waals surface area contributed by atoms with Gasteiger partial charge in [-0.05, 0) is 51.3 Å². The Labute approximate surface area is 143 Å². The molecule has 0 bridgehead atoms. The summed E-state index contributed by atoms with van der Waals surface area (Å²) in [6.07, 6.45) is 4.66. The van der Waals surface area contributed by atoms with Crippen LogP contribution in [0.25, 0.3) is 10.9 Å². The molecule has 1 aliphatic rings. The molecule has 2 aromatic rings. The first-order valence-corrected chi connectivity index (χ1v) is 8.72. The minimum Gasteiger partial charge on any atom is -0.336 e.